The molecule has 1 N–H and O–H groups in total. The molecule has 1 aromatic rings. The zero-order valence-corrected chi connectivity index (χ0v) is 11.4. The molecule has 0 radical (unpaired) electrons. The number of rotatable bonds is 5. The molecule has 3 nitrogen and oxygen atoms in total. The van der Waals surface area contributed by atoms with Gasteiger partial charge in [-0.05, 0) is 13.3 Å². The molecule has 90 valence electrons. The maximum atomic E-state index is 9.03. The van der Waals surface area contributed by atoms with E-state index in [0.717, 1.165) is 29.3 Å². The lowest BCUT2D eigenvalue weighted by atomic mass is 10.3. The highest BCUT2D eigenvalue weighted by atomic mass is 35.5. The van der Waals surface area contributed by atoms with E-state index >= 15 is 0 Å². The van der Waals surface area contributed by atoms with Crippen molar-refractivity contribution in [1.82, 2.24) is 9.97 Å². The van der Waals surface area contributed by atoms with E-state index in [4.69, 9.17) is 16.7 Å². The zero-order chi connectivity index (χ0) is 12.1. The van der Waals surface area contributed by atoms with Gasteiger partial charge < -0.3 is 5.11 Å². The predicted octanol–water partition coefficient (Wildman–Crippen LogP) is 2.86. The van der Waals surface area contributed by atoms with Gasteiger partial charge in [0.05, 0.1) is 6.61 Å². The van der Waals surface area contributed by atoms with Crippen LogP contribution >= 0.6 is 23.4 Å². The van der Waals surface area contributed by atoms with E-state index < -0.39 is 0 Å². The van der Waals surface area contributed by atoms with E-state index in [1.165, 1.54) is 11.8 Å². The summed E-state index contributed by atoms with van der Waals surface area (Å²) in [6.45, 7) is 6.08. The maximum absolute atomic E-state index is 9.03. The first kappa shape index (κ1) is 13.7. The molecule has 1 unspecified atom stereocenters. The van der Waals surface area contributed by atoms with Crippen molar-refractivity contribution in [3.05, 3.63) is 16.5 Å². The molecule has 0 spiro atoms. The van der Waals surface area contributed by atoms with E-state index in [9.17, 15) is 0 Å². The number of hydrogen-bond acceptors (Lipinski definition) is 4. The fraction of sp³-hybridized carbons (Fsp3) is 0.636. The molecule has 5 heteroatoms. The number of aliphatic hydroxyl groups is 1. The van der Waals surface area contributed by atoms with Crippen LogP contribution in [-0.2, 0) is 6.42 Å². The molecule has 1 aromatic heterocycles. The lowest BCUT2D eigenvalue weighted by Gasteiger charge is -2.11. The molecular weight excluding hydrogens is 244 g/mol. The second-order valence-corrected chi connectivity index (χ2v) is 5.51. The molecule has 0 fully saturated rings. The quantitative estimate of drug-likeness (QED) is 0.653. The van der Waals surface area contributed by atoms with E-state index in [1.807, 2.05) is 13.8 Å². The van der Waals surface area contributed by atoms with Crippen LogP contribution in [0.5, 0.6) is 0 Å². The number of thioether (sulfide) groups is 1. The van der Waals surface area contributed by atoms with E-state index in [0.29, 0.717) is 5.15 Å². The maximum Gasteiger partial charge on any atom is 0.136 e. The smallest absolute Gasteiger partial charge is 0.136 e. The lowest BCUT2D eigenvalue weighted by Crippen LogP contribution is -2.06. The van der Waals surface area contributed by atoms with Crippen LogP contribution in [0.15, 0.2) is 5.03 Å². The Balaban J connectivity index is 2.96. The van der Waals surface area contributed by atoms with Crippen molar-refractivity contribution in [3.63, 3.8) is 0 Å². The van der Waals surface area contributed by atoms with Crippen molar-refractivity contribution < 1.29 is 5.11 Å². The Morgan fingerprint density at radius 1 is 1.44 bits per heavy atom. The predicted molar refractivity (Wildman–Crippen MR) is 68.2 cm³/mol. The minimum Gasteiger partial charge on any atom is -0.395 e. The average Bonchev–Trinajstić information content (AvgIpc) is 2.25. The third-order valence-electron chi connectivity index (χ3n) is 2.13. The number of halogens is 1. The first-order chi connectivity index (χ1) is 7.58. The van der Waals surface area contributed by atoms with Crippen molar-refractivity contribution in [2.24, 2.45) is 0 Å². The van der Waals surface area contributed by atoms with E-state index in [-0.39, 0.29) is 11.9 Å². The number of nitrogens with zero attached hydrogens (tertiary/aromatic N) is 2. The van der Waals surface area contributed by atoms with Gasteiger partial charge in [-0.15, -0.1) is 11.8 Å². The highest BCUT2D eigenvalue weighted by molar-refractivity contribution is 7.99. The number of aliphatic hydroxyl groups excluding tert-OH is 1. The van der Waals surface area contributed by atoms with Crippen LogP contribution in [0.25, 0.3) is 0 Å². The molecule has 1 heterocycles. The molecular formula is C11H17ClN2OS. The van der Waals surface area contributed by atoms with Gasteiger partial charge in [0.25, 0.3) is 0 Å². The summed E-state index contributed by atoms with van der Waals surface area (Å²) in [4.78, 5) is 8.70. The summed E-state index contributed by atoms with van der Waals surface area (Å²) in [6, 6.07) is 0. The van der Waals surface area contributed by atoms with Crippen molar-refractivity contribution >= 4 is 23.4 Å². The topological polar surface area (TPSA) is 46.0 Å². The molecule has 1 rings (SSSR count). The summed E-state index contributed by atoms with van der Waals surface area (Å²) in [5.41, 5.74) is 0.895. The lowest BCUT2D eigenvalue weighted by molar-refractivity contribution is 0.300. The molecule has 0 saturated carbocycles. The Hall–Kier alpha value is -0.320. The normalized spacial score (nSPS) is 12.8. The standard InChI is InChI=1S/C11H17ClN2OS/c1-4-5-9-13-10(12)8(3)11(14-9)16-7(2)6-15/h7,15H,4-6H2,1-3H3. The molecule has 0 bridgehead atoms. The van der Waals surface area contributed by atoms with Gasteiger partial charge >= 0.3 is 0 Å². The van der Waals surface area contributed by atoms with Gasteiger partial charge in [0.1, 0.15) is 16.0 Å². The molecule has 0 saturated heterocycles. The van der Waals surface area contributed by atoms with Crippen LogP contribution < -0.4 is 0 Å². The Kier molecular flexibility index (Phi) is 5.52. The Morgan fingerprint density at radius 3 is 2.69 bits per heavy atom. The summed E-state index contributed by atoms with van der Waals surface area (Å²) in [5.74, 6) is 0.783. The second-order valence-electron chi connectivity index (χ2n) is 3.72. The SMILES string of the molecule is CCCc1nc(Cl)c(C)c(SC(C)CO)n1. The first-order valence-corrected chi connectivity index (χ1v) is 6.64. The fourth-order valence-electron chi connectivity index (χ4n) is 1.19. The third-order valence-corrected chi connectivity index (χ3v) is 3.67. The van der Waals surface area contributed by atoms with Crippen LogP contribution in [0.1, 0.15) is 31.7 Å². The minimum absolute atomic E-state index is 0.124. The van der Waals surface area contributed by atoms with Gasteiger partial charge in [0.15, 0.2) is 0 Å². The van der Waals surface area contributed by atoms with Gasteiger partial charge in [0.2, 0.25) is 0 Å². The summed E-state index contributed by atoms with van der Waals surface area (Å²) >= 11 is 7.59. The van der Waals surface area contributed by atoms with Crippen molar-refractivity contribution in [3.8, 4) is 0 Å². The van der Waals surface area contributed by atoms with Crippen LogP contribution in [0.3, 0.4) is 0 Å². The van der Waals surface area contributed by atoms with Crippen LogP contribution in [0.4, 0.5) is 0 Å². The highest BCUT2D eigenvalue weighted by Crippen LogP contribution is 2.28. The van der Waals surface area contributed by atoms with Gasteiger partial charge in [-0.25, -0.2) is 9.97 Å². The van der Waals surface area contributed by atoms with Crippen LogP contribution in [-0.4, -0.2) is 26.9 Å². The number of aryl methyl sites for hydroxylation is 1. The van der Waals surface area contributed by atoms with Gasteiger partial charge in [-0.3, -0.25) is 0 Å². The molecule has 0 aliphatic heterocycles. The van der Waals surface area contributed by atoms with Crippen molar-refractivity contribution in [2.45, 2.75) is 43.9 Å². The summed E-state index contributed by atoms with van der Waals surface area (Å²) in [7, 11) is 0. The summed E-state index contributed by atoms with van der Waals surface area (Å²) in [5, 5.41) is 10.6. The molecule has 0 aliphatic carbocycles. The largest absolute Gasteiger partial charge is 0.395 e. The monoisotopic (exact) mass is 260 g/mol. The van der Waals surface area contributed by atoms with Crippen molar-refractivity contribution in [1.29, 1.82) is 0 Å². The highest BCUT2D eigenvalue weighted by Gasteiger charge is 2.12. The molecule has 0 aromatic carbocycles. The fourth-order valence-corrected chi connectivity index (χ4v) is 2.32. The number of aromatic nitrogens is 2. The second kappa shape index (κ2) is 6.42. The van der Waals surface area contributed by atoms with E-state index in [2.05, 4.69) is 16.9 Å². The van der Waals surface area contributed by atoms with Crippen LogP contribution in [0, 0.1) is 6.92 Å². The Labute approximate surface area is 106 Å². The molecule has 1 atom stereocenters. The summed E-state index contributed by atoms with van der Waals surface area (Å²) in [6.07, 6.45) is 1.83. The first-order valence-electron chi connectivity index (χ1n) is 5.39. The Bertz CT molecular complexity index is 360. The minimum atomic E-state index is 0.124. The zero-order valence-electron chi connectivity index (χ0n) is 9.83. The van der Waals surface area contributed by atoms with Gasteiger partial charge in [-0.1, -0.05) is 25.4 Å². The molecule has 0 aliphatic rings. The van der Waals surface area contributed by atoms with E-state index in [1.54, 1.807) is 0 Å². The van der Waals surface area contributed by atoms with Crippen molar-refractivity contribution in [2.75, 3.05) is 6.61 Å². The van der Waals surface area contributed by atoms with Gasteiger partial charge in [-0.2, -0.15) is 0 Å². The van der Waals surface area contributed by atoms with Crippen LogP contribution in [0.2, 0.25) is 5.15 Å². The molecule has 0 amide bonds. The molecule has 16 heavy (non-hydrogen) atoms. The Morgan fingerprint density at radius 2 is 2.12 bits per heavy atom. The average molecular weight is 261 g/mol. The van der Waals surface area contributed by atoms with Gasteiger partial charge in [0, 0.05) is 17.2 Å². The third kappa shape index (κ3) is 3.61. The number of hydrogen-bond donors (Lipinski definition) is 1. The summed E-state index contributed by atoms with van der Waals surface area (Å²) < 4.78 is 0.